The average molecular weight is 364 g/mol. The molecule has 0 radical (unpaired) electrons. The Morgan fingerprint density at radius 2 is 2.12 bits per heavy atom. The number of hydrogen-bond acceptors (Lipinski definition) is 7. The third-order valence-corrected chi connectivity index (χ3v) is 5.62. The second kappa shape index (κ2) is 6.52. The van der Waals surface area contributed by atoms with Crippen LogP contribution in [0.2, 0.25) is 0 Å². The third kappa shape index (κ3) is 2.81. The van der Waals surface area contributed by atoms with E-state index in [4.69, 9.17) is 5.73 Å². The van der Waals surface area contributed by atoms with Crippen molar-refractivity contribution in [3.63, 3.8) is 0 Å². The molecule has 0 saturated carbocycles. The predicted molar refractivity (Wildman–Crippen MR) is 96.4 cm³/mol. The van der Waals surface area contributed by atoms with Crippen molar-refractivity contribution in [3.8, 4) is 0 Å². The van der Waals surface area contributed by atoms with E-state index in [0.29, 0.717) is 30.0 Å². The van der Waals surface area contributed by atoms with Crippen molar-refractivity contribution in [2.45, 2.75) is 11.9 Å². The lowest BCUT2D eigenvalue weighted by molar-refractivity contribution is -0.115. The van der Waals surface area contributed by atoms with Gasteiger partial charge in [0.15, 0.2) is 16.9 Å². The third-order valence-electron chi connectivity index (χ3n) is 4.41. The molecule has 2 aromatic rings. The van der Waals surface area contributed by atoms with E-state index in [-0.39, 0.29) is 23.3 Å². The van der Waals surface area contributed by atoms with E-state index in [9.17, 15) is 14.4 Å². The summed E-state index contributed by atoms with van der Waals surface area (Å²) in [5, 5.41) is -0.0534. The molecule has 1 fully saturated rings. The van der Waals surface area contributed by atoms with Crippen LogP contribution in [-0.2, 0) is 25.4 Å². The first kappa shape index (κ1) is 17.5. The smallest absolute Gasteiger partial charge is 0.332 e. The van der Waals surface area contributed by atoms with Gasteiger partial charge in [0.1, 0.15) is 0 Å². The topological polar surface area (TPSA) is 108 Å². The molecule has 2 N–H and O–H groups in total. The number of nitrogens with two attached hydrogens (primary N) is 1. The highest BCUT2D eigenvalue weighted by molar-refractivity contribution is 8.00. The first-order valence-corrected chi connectivity index (χ1v) is 8.83. The highest BCUT2D eigenvalue weighted by Crippen LogP contribution is 2.29. The highest BCUT2D eigenvalue weighted by atomic mass is 32.2. The Hall–Kier alpha value is -2.33. The number of aryl methyl sites for hydroxylation is 1. The van der Waals surface area contributed by atoms with Gasteiger partial charge in [-0.1, -0.05) is 6.58 Å². The number of aromatic nitrogens is 4. The number of fused-ring (bicyclic) bond motifs is 1. The van der Waals surface area contributed by atoms with Crippen molar-refractivity contribution < 1.29 is 4.79 Å². The first-order chi connectivity index (χ1) is 11.9. The van der Waals surface area contributed by atoms with E-state index < -0.39 is 5.69 Å². The van der Waals surface area contributed by atoms with Crippen LogP contribution in [0.1, 0.15) is 0 Å². The molecule has 1 aliphatic rings. The zero-order chi connectivity index (χ0) is 18.3. The Labute approximate surface area is 147 Å². The number of carbonyl (C=O) groups is 1. The van der Waals surface area contributed by atoms with Gasteiger partial charge >= 0.3 is 5.69 Å². The Kier molecular flexibility index (Phi) is 4.56. The molecule has 1 atom stereocenters. The number of Topliss-reactive ketones (excluding diaryl/α,β-unsaturated/α-hetero) is 1. The molecular formula is C15H20N6O3S. The Balaban J connectivity index is 1.99. The molecule has 1 aliphatic heterocycles. The second-order valence-electron chi connectivity index (χ2n) is 5.87. The van der Waals surface area contributed by atoms with E-state index in [1.807, 2.05) is 4.90 Å². The van der Waals surface area contributed by atoms with Crippen molar-refractivity contribution in [1.82, 2.24) is 23.6 Å². The summed E-state index contributed by atoms with van der Waals surface area (Å²) in [6.45, 7) is 4.92. The van der Waals surface area contributed by atoms with Crippen LogP contribution >= 0.6 is 11.8 Å². The van der Waals surface area contributed by atoms with Crippen molar-refractivity contribution >= 4 is 28.7 Å². The zero-order valence-electron chi connectivity index (χ0n) is 14.1. The minimum absolute atomic E-state index is 0.0534. The van der Waals surface area contributed by atoms with E-state index in [1.54, 1.807) is 29.7 Å². The SMILES string of the molecule is C=C(C(=O)CN)N1CCSC1Cn1cnc2c1c(=O)n(C)c(=O)n2C. The normalized spacial score (nSPS) is 17.4. The molecule has 0 amide bonds. The Morgan fingerprint density at radius 3 is 2.80 bits per heavy atom. The molecule has 134 valence electrons. The largest absolute Gasteiger partial charge is 0.354 e. The summed E-state index contributed by atoms with van der Waals surface area (Å²) >= 11 is 1.68. The lowest BCUT2D eigenvalue weighted by Gasteiger charge is -2.27. The van der Waals surface area contributed by atoms with Crippen molar-refractivity contribution in [2.24, 2.45) is 19.8 Å². The molecular weight excluding hydrogens is 344 g/mol. The van der Waals surface area contributed by atoms with Gasteiger partial charge in [-0.25, -0.2) is 9.78 Å². The zero-order valence-corrected chi connectivity index (χ0v) is 15.0. The van der Waals surface area contributed by atoms with Gasteiger partial charge in [0, 0.05) is 26.4 Å². The van der Waals surface area contributed by atoms with Gasteiger partial charge in [-0.3, -0.25) is 18.7 Å². The first-order valence-electron chi connectivity index (χ1n) is 7.78. The van der Waals surface area contributed by atoms with Gasteiger partial charge in [0.25, 0.3) is 5.56 Å². The van der Waals surface area contributed by atoms with Crippen molar-refractivity contribution in [1.29, 1.82) is 0 Å². The molecule has 0 spiro atoms. The molecule has 0 bridgehead atoms. The fourth-order valence-electron chi connectivity index (χ4n) is 2.96. The van der Waals surface area contributed by atoms with Crippen LogP contribution in [0, 0.1) is 0 Å². The summed E-state index contributed by atoms with van der Waals surface area (Å²) in [6, 6.07) is 0. The molecule has 10 heteroatoms. The minimum atomic E-state index is -0.415. The van der Waals surface area contributed by atoms with E-state index in [2.05, 4.69) is 11.6 Å². The van der Waals surface area contributed by atoms with Crippen LogP contribution in [0.15, 0.2) is 28.2 Å². The van der Waals surface area contributed by atoms with Crippen molar-refractivity contribution in [2.75, 3.05) is 18.8 Å². The van der Waals surface area contributed by atoms with Crippen LogP contribution in [-0.4, -0.2) is 53.6 Å². The average Bonchev–Trinajstić information content (AvgIpc) is 3.24. The number of imidazole rings is 1. The minimum Gasteiger partial charge on any atom is -0.354 e. The lowest BCUT2D eigenvalue weighted by atomic mass is 10.2. The fraction of sp³-hybridized carbons (Fsp3) is 0.467. The standard InChI is InChI=1S/C15H20N6O3S/c1-9(10(22)6-16)21-4-5-25-11(21)7-20-8-17-13-12(20)14(23)19(3)15(24)18(13)2/h8,11H,1,4-7,16H2,2-3H3. The van der Waals surface area contributed by atoms with Crippen molar-refractivity contribution in [3.05, 3.63) is 39.4 Å². The van der Waals surface area contributed by atoms with Crippen LogP contribution < -0.4 is 17.0 Å². The van der Waals surface area contributed by atoms with E-state index in [0.717, 1.165) is 10.3 Å². The summed E-state index contributed by atoms with van der Waals surface area (Å²) in [6.07, 6.45) is 1.55. The summed E-state index contributed by atoms with van der Waals surface area (Å²) < 4.78 is 4.15. The summed E-state index contributed by atoms with van der Waals surface area (Å²) in [5.41, 5.74) is 5.73. The summed E-state index contributed by atoms with van der Waals surface area (Å²) in [7, 11) is 3.03. The monoisotopic (exact) mass is 364 g/mol. The second-order valence-corrected chi connectivity index (χ2v) is 7.15. The molecule has 0 aromatic carbocycles. The Morgan fingerprint density at radius 1 is 1.40 bits per heavy atom. The van der Waals surface area contributed by atoms with Crippen LogP contribution in [0.3, 0.4) is 0 Å². The number of rotatable bonds is 5. The van der Waals surface area contributed by atoms with Crippen LogP contribution in [0.4, 0.5) is 0 Å². The van der Waals surface area contributed by atoms with Crippen LogP contribution in [0.5, 0.6) is 0 Å². The van der Waals surface area contributed by atoms with E-state index in [1.165, 1.54) is 11.6 Å². The number of ketones is 1. The molecule has 1 saturated heterocycles. The number of thioether (sulfide) groups is 1. The van der Waals surface area contributed by atoms with E-state index >= 15 is 0 Å². The predicted octanol–water partition coefficient (Wildman–Crippen LogP) is -1.15. The highest BCUT2D eigenvalue weighted by Gasteiger charge is 2.29. The molecule has 3 rings (SSSR count). The number of carbonyl (C=O) groups excluding carboxylic acids is 1. The van der Waals surface area contributed by atoms with Gasteiger partial charge in [0.05, 0.1) is 30.5 Å². The molecule has 2 aromatic heterocycles. The fourth-order valence-corrected chi connectivity index (χ4v) is 4.22. The molecule has 25 heavy (non-hydrogen) atoms. The number of hydrogen-bond donors (Lipinski definition) is 1. The lowest BCUT2D eigenvalue weighted by Crippen LogP contribution is -2.39. The number of nitrogens with zero attached hydrogens (tertiary/aromatic N) is 5. The summed E-state index contributed by atoms with van der Waals surface area (Å²) in [5.74, 6) is 0.659. The molecule has 3 heterocycles. The van der Waals surface area contributed by atoms with Gasteiger partial charge in [-0.2, -0.15) is 0 Å². The van der Waals surface area contributed by atoms with Gasteiger partial charge < -0.3 is 15.2 Å². The maximum atomic E-state index is 12.5. The maximum Gasteiger partial charge on any atom is 0.332 e. The quantitative estimate of drug-likeness (QED) is 0.668. The van der Waals surface area contributed by atoms with Gasteiger partial charge in [-0.05, 0) is 0 Å². The van der Waals surface area contributed by atoms with Crippen LogP contribution in [0.25, 0.3) is 11.2 Å². The molecule has 9 nitrogen and oxygen atoms in total. The van der Waals surface area contributed by atoms with Gasteiger partial charge in [0.2, 0.25) is 0 Å². The van der Waals surface area contributed by atoms with Gasteiger partial charge in [-0.15, -0.1) is 11.8 Å². The molecule has 1 unspecified atom stereocenters. The maximum absolute atomic E-state index is 12.5. The summed E-state index contributed by atoms with van der Waals surface area (Å²) in [4.78, 5) is 42.5. The molecule has 0 aliphatic carbocycles. The Bertz CT molecular complexity index is 972.